The molecule has 1 aromatic carbocycles. The lowest BCUT2D eigenvalue weighted by Gasteiger charge is -2.31. The number of rotatable bonds is 6. The molecule has 0 spiro atoms. The van der Waals surface area contributed by atoms with Crippen LogP contribution in [0.2, 0.25) is 0 Å². The minimum atomic E-state index is -1.01. The molecule has 0 radical (unpaired) electrons. The Bertz CT molecular complexity index is 430. The predicted molar refractivity (Wildman–Crippen MR) is 72.7 cm³/mol. The van der Waals surface area contributed by atoms with Gasteiger partial charge in [0.15, 0.2) is 5.54 Å². The molecule has 1 fully saturated rings. The van der Waals surface area contributed by atoms with Crippen molar-refractivity contribution in [3.63, 3.8) is 0 Å². The van der Waals surface area contributed by atoms with Gasteiger partial charge in [-0.05, 0) is 43.0 Å². The van der Waals surface area contributed by atoms with E-state index in [1.165, 1.54) is 7.11 Å². The van der Waals surface area contributed by atoms with Crippen LogP contribution >= 0.6 is 15.9 Å². The molecule has 98 valence electrons. The zero-order chi connectivity index (χ0) is 13.2. The Morgan fingerprint density at radius 2 is 2.11 bits per heavy atom. The molecule has 1 atom stereocenters. The zero-order valence-electron chi connectivity index (χ0n) is 10.1. The fourth-order valence-corrected chi connectivity index (χ4v) is 2.40. The van der Waals surface area contributed by atoms with Crippen LogP contribution in [0, 0.1) is 5.92 Å². The highest BCUT2D eigenvalue weighted by Gasteiger charge is 2.51. The van der Waals surface area contributed by atoms with E-state index in [9.17, 15) is 9.90 Å². The average molecular weight is 314 g/mol. The molecule has 1 unspecified atom stereocenters. The summed E-state index contributed by atoms with van der Waals surface area (Å²) in [7, 11) is 1.53. The number of benzene rings is 1. The number of hydrogen-bond donors (Lipinski definition) is 2. The van der Waals surface area contributed by atoms with E-state index in [0.29, 0.717) is 0 Å². The number of halogens is 1. The maximum absolute atomic E-state index is 11.6. The quantitative estimate of drug-likeness (QED) is 0.848. The van der Waals surface area contributed by atoms with E-state index in [1.54, 1.807) is 0 Å². The first-order valence-electron chi connectivity index (χ1n) is 5.84. The van der Waals surface area contributed by atoms with Crippen molar-refractivity contribution in [1.82, 2.24) is 0 Å². The molecule has 4 nitrogen and oxygen atoms in total. The van der Waals surface area contributed by atoms with Crippen LogP contribution in [0.25, 0.3) is 0 Å². The average Bonchev–Trinajstić information content (AvgIpc) is 3.15. The highest BCUT2D eigenvalue weighted by atomic mass is 79.9. The second kappa shape index (κ2) is 5.28. The SMILES string of the molecule is COCC(Nc1ccc(Br)cc1)(C(=O)O)C1CC1. The van der Waals surface area contributed by atoms with Gasteiger partial charge in [0, 0.05) is 17.3 Å². The van der Waals surface area contributed by atoms with Crippen LogP contribution in [0.5, 0.6) is 0 Å². The van der Waals surface area contributed by atoms with Crippen LogP contribution in [0.15, 0.2) is 28.7 Å². The van der Waals surface area contributed by atoms with Crippen molar-refractivity contribution < 1.29 is 14.6 Å². The van der Waals surface area contributed by atoms with Crippen molar-refractivity contribution >= 4 is 27.6 Å². The number of carbonyl (C=O) groups is 1. The number of nitrogens with one attached hydrogen (secondary N) is 1. The fourth-order valence-electron chi connectivity index (χ4n) is 2.14. The van der Waals surface area contributed by atoms with Crippen molar-refractivity contribution in [3.8, 4) is 0 Å². The lowest BCUT2D eigenvalue weighted by atomic mass is 9.93. The van der Waals surface area contributed by atoms with Gasteiger partial charge in [-0.2, -0.15) is 0 Å². The molecule has 1 aromatic rings. The van der Waals surface area contributed by atoms with Crippen LogP contribution in [0.4, 0.5) is 5.69 Å². The molecule has 5 heteroatoms. The maximum Gasteiger partial charge on any atom is 0.332 e. The summed E-state index contributed by atoms with van der Waals surface area (Å²) in [5.74, 6) is -0.714. The smallest absolute Gasteiger partial charge is 0.332 e. The van der Waals surface area contributed by atoms with Crippen molar-refractivity contribution in [3.05, 3.63) is 28.7 Å². The van der Waals surface area contributed by atoms with Gasteiger partial charge in [-0.15, -0.1) is 0 Å². The Labute approximate surface area is 114 Å². The van der Waals surface area contributed by atoms with Crippen LogP contribution in [-0.4, -0.2) is 30.3 Å². The van der Waals surface area contributed by atoms with Gasteiger partial charge < -0.3 is 15.2 Å². The minimum absolute atomic E-state index is 0.138. The van der Waals surface area contributed by atoms with E-state index in [2.05, 4.69) is 21.2 Å². The molecule has 2 rings (SSSR count). The normalized spacial score (nSPS) is 18.1. The summed E-state index contributed by atoms with van der Waals surface area (Å²) in [6, 6.07) is 7.49. The van der Waals surface area contributed by atoms with Gasteiger partial charge in [-0.3, -0.25) is 0 Å². The van der Waals surface area contributed by atoms with Crippen LogP contribution < -0.4 is 5.32 Å². The first kappa shape index (κ1) is 13.4. The molecule has 1 aliphatic carbocycles. The predicted octanol–water partition coefficient (Wildman–Crippen LogP) is 2.74. The number of methoxy groups -OCH3 is 1. The molecule has 0 aromatic heterocycles. The summed E-state index contributed by atoms with van der Waals surface area (Å²) in [5, 5.41) is 12.7. The highest BCUT2D eigenvalue weighted by molar-refractivity contribution is 9.10. The van der Waals surface area contributed by atoms with E-state index >= 15 is 0 Å². The van der Waals surface area contributed by atoms with Crippen LogP contribution in [0.1, 0.15) is 12.8 Å². The van der Waals surface area contributed by atoms with E-state index in [-0.39, 0.29) is 12.5 Å². The zero-order valence-corrected chi connectivity index (χ0v) is 11.7. The summed E-state index contributed by atoms with van der Waals surface area (Å²) in [4.78, 5) is 11.6. The molecular formula is C13H16BrNO3. The topological polar surface area (TPSA) is 58.6 Å². The Morgan fingerprint density at radius 3 is 2.56 bits per heavy atom. The summed E-state index contributed by atoms with van der Waals surface area (Å²) < 4.78 is 6.08. The number of carboxylic acids is 1. The molecule has 1 aliphatic rings. The number of carboxylic acid groups (broad SMARTS) is 1. The van der Waals surface area contributed by atoms with Crippen molar-refractivity contribution in [2.75, 3.05) is 19.0 Å². The van der Waals surface area contributed by atoms with E-state index < -0.39 is 11.5 Å². The first-order chi connectivity index (χ1) is 8.58. The van der Waals surface area contributed by atoms with Crippen molar-refractivity contribution in [2.45, 2.75) is 18.4 Å². The summed E-state index contributed by atoms with van der Waals surface area (Å²) in [6.45, 7) is 0.170. The molecule has 0 aliphatic heterocycles. The van der Waals surface area contributed by atoms with Gasteiger partial charge in [-0.25, -0.2) is 4.79 Å². The number of anilines is 1. The second-order valence-corrected chi connectivity index (χ2v) is 5.53. The van der Waals surface area contributed by atoms with Gasteiger partial charge >= 0.3 is 5.97 Å². The van der Waals surface area contributed by atoms with Gasteiger partial charge in [0.2, 0.25) is 0 Å². The van der Waals surface area contributed by atoms with Gasteiger partial charge in [-0.1, -0.05) is 15.9 Å². The Balaban J connectivity index is 2.23. The summed E-state index contributed by atoms with van der Waals surface area (Å²) >= 11 is 3.36. The molecule has 0 saturated heterocycles. The number of ether oxygens (including phenoxy) is 1. The minimum Gasteiger partial charge on any atom is -0.479 e. The van der Waals surface area contributed by atoms with E-state index in [1.807, 2.05) is 24.3 Å². The molecule has 18 heavy (non-hydrogen) atoms. The van der Waals surface area contributed by atoms with Crippen molar-refractivity contribution in [1.29, 1.82) is 0 Å². The largest absolute Gasteiger partial charge is 0.479 e. The van der Waals surface area contributed by atoms with E-state index in [4.69, 9.17) is 4.74 Å². The first-order valence-corrected chi connectivity index (χ1v) is 6.64. The molecule has 2 N–H and O–H groups in total. The number of hydrogen-bond acceptors (Lipinski definition) is 3. The second-order valence-electron chi connectivity index (χ2n) is 4.62. The summed E-state index contributed by atoms with van der Waals surface area (Å²) in [5.41, 5.74) is -0.215. The lowest BCUT2D eigenvalue weighted by molar-refractivity contribution is -0.145. The highest BCUT2D eigenvalue weighted by Crippen LogP contribution is 2.42. The molecule has 0 heterocycles. The Kier molecular flexibility index (Phi) is 3.92. The third-order valence-corrected chi connectivity index (χ3v) is 3.77. The molecular weight excluding hydrogens is 298 g/mol. The third-order valence-electron chi connectivity index (χ3n) is 3.24. The van der Waals surface area contributed by atoms with Gasteiger partial charge in [0.25, 0.3) is 0 Å². The molecule has 1 saturated carbocycles. The Morgan fingerprint density at radius 1 is 1.50 bits per heavy atom. The van der Waals surface area contributed by atoms with Gasteiger partial charge in [0.1, 0.15) is 0 Å². The standard InChI is InChI=1S/C13H16BrNO3/c1-18-8-13(12(16)17,9-2-3-9)15-11-6-4-10(14)5-7-11/h4-7,9,15H,2-3,8H2,1H3,(H,16,17). The monoisotopic (exact) mass is 313 g/mol. The summed E-state index contributed by atoms with van der Waals surface area (Å²) in [6.07, 6.45) is 1.86. The van der Waals surface area contributed by atoms with Crippen LogP contribution in [0.3, 0.4) is 0 Å². The number of aliphatic carboxylic acids is 1. The molecule has 0 bridgehead atoms. The third kappa shape index (κ3) is 2.67. The lowest BCUT2D eigenvalue weighted by Crippen LogP contribution is -2.52. The fraction of sp³-hybridized carbons (Fsp3) is 0.462. The van der Waals surface area contributed by atoms with Gasteiger partial charge in [0.05, 0.1) is 6.61 Å². The van der Waals surface area contributed by atoms with Crippen LogP contribution in [-0.2, 0) is 9.53 Å². The Hall–Kier alpha value is -1.07. The van der Waals surface area contributed by atoms with E-state index in [0.717, 1.165) is 23.0 Å². The maximum atomic E-state index is 11.6. The van der Waals surface area contributed by atoms with Crippen molar-refractivity contribution in [2.24, 2.45) is 5.92 Å². The molecule has 0 amide bonds.